The molecule has 0 aromatic heterocycles. The molecule has 2 aliphatic rings. The van der Waals surface area contributed by atoms with Crippen molar-refractivity contribution in [2.75, 3.05) is 13.7 Å². The molecule has 27 heavy (non-hydrogen) atoms. The maximum Gasteiger partial charge on any atom is 0.309 e. The highest BCUT2D eigenvalue weighted by atomic mass is 35.5. The lowest BCUT2D eigenvalue weighted by atomic mass is 9.67. The van der Waals surface area contributed by atoms with E-state index in [-0.39, 0.29) is 36.2 Å². The fourth-order valence-electron chi connectivity index (χ4n) is 4.03. The van der Waals surface area contributed by atoms with Gasteiger partial charge in [-0.3, -0.25) is 14.4 Å². The van der Waals surface area contributed by atoms with Crippen LogP contribution in [0.15, 0.2) is 18.2 Å². The van der Waals surface area contributed by atoms with Crippen LogP contribution in [-0.4, -0.2) is 36.2 Å². The Kier molecular flexibility index (Phi) is 6.43. The number of esters is 1. The van der Waals surface area contributed by atoms with Crippen LogP contribution in [0.1, 0.15) is 37.7 Å². The number of ether oxygens (including phenoxy) is 1. The maximum atomic E-state index is 12.4. The Hall–Kier alpha value is -1.59. The van der Waals surface area contributed by atoms with Gasteiger partial charge in [-0.15, -0.1) is 0 Å². The Morgan fingerprint density at radius 3 is 2.44 bits per heavy atom. The van der Waals surface area contributed by atoms with Gasteiger partial charge in [0.25, 0.3) is 5.91 Å². The monoisotopic (exact) mass is 411 g/mol. The third kappa shape index (κ3) is 4.82. The fourth-order valence-corrected chi connectivity index (χ4v) is 4.35. The second kappa shape index (κ2) is 8.61. The number of hydrogen-bond donors (Lipinski definition) is 0. The summed E-state index contributed by atoms with van der Waals surface area (Å²) in [5, 5.41) is 0.887. The predicted molar refractivity (Wildman–Crippen MR) is 102 cm³/mol. The smallest absolute Gasteiger partial charge is 0.309 e. The second-order valence-electron chi connectivity index (χ2n) is 7.50. The summed E-state index contributed by atoms with van der Waals surface area (Å²) in [4.78, 5) is 38.2. The molecule has 0 N–H and O–H groups in total. The topological polar surface area (TPSA) is 63.7 Å². The van der Waals surface area contributed by atoms with E-state index < -0.39 is 0 Å². The molecule has 0 radical (unpaired) electrons. The number of halogens is 2. The Balaban J connectivity index is 1.48. The number of amides is 1. The zero-order valence-electron chi connectivity index (χ0n) is 15.2. The lowest BCUT2D eigenvalue weighted by Crippen LogP contribution is -2.40. The van der Waals surface area contributed by atoms with Crippen molar-refractivity contribution in [2.45, 2.75) is 38.6 Å². The van der Waals surface area contributed by atoms with Crippen molar-refractivity contribution in [2.24, 2.45) is 17.8 Å². The standard InChI is InChI=1S/C20H23Cl2NO4/c1-23(10-12-5-6-16(21)17(22)7-12)18(24)11-27-20(26)15-8-13-3-2-4-14(9-15)19(13)25/h5-7,13-15H,2-4,8-11H2,1H3/t13-,14-/m1/s1. The molecule has 2 fully saturated rings. The molecule has 1 aromatic rings. The summed E-state index contributed by atoms with van der Waals surface area (Å²) < 4.78 is 5.26. The number of fused-ring (bicyclic) bond motifs is 2. The van der Waals surface area contributed by atoms with Crippen LogP contribution in [-0.2, 0) is 25.7 Å². The van der Waals surface area contributed by atoms with Gasteiger partial charge in [-0.25, -0.2) is 0 Å². The minimum atomic E-state index is -0.365. The van der Waals surface area contributed by atoms with E-state index in [1.54, 1.807) is 25.2 Å². The highest BCUT2D eigenvalue weighted by Gasteiger charge is 2.41. The van der Waals surface area contributed by atoms with Gasteiger partial charge in [0.1, 0.15) is 5.78 Å². The normalized spacial score (nSPS) is 24.4. The van der Waals surface area contributed by atoms with Crippen LogP contribution >= 0.6 is 23.2 Å². The highest BCUT2D eigenvalue weighted by molar-refractivity contribution is 6.42. The first-order chi connectivity index (χ1) is 12.8. The lowest BCUT2D eigenvalue weighted by Gasteiger charge is -2.36. The molecule has 146 valence electrons. The minimum Gasteiger partial charge on any atom is -0.455 e. The summed E-state index contributed by atoms with van der Waals surface area (Å²) in [6, 6.07) is 5.18. The number of carbonyl (C=O) groups is 3. The first-order valence-corrected chi connectivity index (χ1v) is 9.99. The number of benzene rings is 1. The lowest BCUT2D eigenvalue weighted by molar-refractivity contribution is -0.158. The third-order valence-electron chi connectivity index (χ3n) is 5.55. The van der Waals surface area contributed by atoms with Crippen molar-refractivity contribution < 1.29 is 19.1 Å². The van der Waals surface area contributed by atoms with Crippen molar-refractivity contribution in [1.82, 2.24) is 4.90 Å². The Bertz CT molecular complexity index is 735. The molecule has 0 unspecified atom stereocenters. The van der Waals surface area contributed by atoms with Crippen LogP contribution in [0.4, 0.5) is 0 Å². The Labute approximate surface area is 168 Å². The number of Topliss-reactive ketones (excluding diaryl/α,β-unsaturated/α-hetero) is 1. The van der Waals surface area contributed by atoms with E-state index >= 15 is 0 Å². The van der Waals surface area contributed by atoms with Gasteiger partial charge in [0, 0.05) is 25.4 Å². The number of hydrogen-bond acceptors (Lipinski definition) is 4. The zero-order chi connectivity index (χ0) is 19.6. The molecule has 1 amide bonds. The fraction of sp³-hybridized carbons (Fsp3) is 0.550. The largest absolute Gasteiger partial charge is 0.455 e. The van der Waals surface area contributed by atoms with Gasteiger partial charge in [0.15, 0.2) is 6.61 Å². The average molecular weight is 412 g/mol. The SMILES string of the molecule is CN(Cc1ccc(Cl)c(Cl)c1)C(=O)COC(=O)C1C[C@H]2CCC[C@H](C1)C2=O. The maximum absolute atomic E-state index is 12.4. The van der Waals surface area contributed by atoms with Crippen molar-refractivity contribution in [3.63, 3.8) is 0 Å². The van der Waals surface area contributed by atoms with Crippen molar-refractivity contribution in [3.8, 4) is 0 Å². The summed E-state index contributed by atoms with van der Waals surface area (Å²) in [6.07, 6.45) is 3.90. The molecule has 0 saturated heterocycles. The van der Waals surface area contributed by atoms with Gasteiger partial charge < -0.3 is 9.64 Å². The quantitative estimate of drug-likeness (QED) is 0.689. The molecule has 0 heterocycles. The molecule has 0 aliphatic heterocycles. The third-order valence-corrected chi connectivity index (χ3v) is 6.29. The first kappa shape index (κ1) is 20.2. The minimum absolute atomic E-state index is 0.0110. The Morgan fingerprint density at radius 2 is 1.81 bits per heavy atom. The van der Waals surface area contributed by atoms with Gasteiger partial charge in [-0.2, -0.15) is 0 Å². The van der Waals surface area contributed by atoms with Gasteiger partial charge in [-0.1, -0.05) is 35.7 Å². The number of carbonyl (C=O) groups excluding carboxylic acids is 3. The van der Waals surface area contributed by atoms with Crippen LogP contribution in [0.25, 0.3) is 0 Å². The molecule has 7 heteroatoms. The van der Waals surface area contributed by atoms with Crippen LogP contribution in [0.3, 0.4) is 0 Å². The van der Waals surface area contributed by atoms with E-state index in [1.807, 2.05) is 0 Å². The molecular formula is C20H23Cl2NO4. The van der Waals surface area contributed by atoms with Gasteiger partial charge in [-0.05, 0) is 43.4 Å². The average Bonchev–Trinajstić information content (AvgIpc) is 2.62. The number of nitrogens with zero attached hydrogens (tertiary/aromatic N) is 1. The molecule has 2 atom stereocenters. The van der Waals surface area contributed by atoms with Crippen LogP contribution < -0.4 is 0 Å². The summed E-state index contributed by atoms with van der Waals surface area (Å²) >= 11 is 11.9. The number of rotatable bonds is 5. The van der Waals surface area contributed by atoms with E-state index in [4.69, 9.17) is 27.9 Å². The molecule has 1 aromatic carbocycles. The highest BCUT2D eigenvalue weighted by Crippen LogP contribution is 2.40. The summed E-state index contributed by atoms with van der Waals surface area (Å²) in [6.45, 7) is 0.0474. The van der Waals surface area contributed by atoms with E-state index in [0.29, 0.717) is 35.2 Å². The molecule has 2 bridgehead atoms. The van der Waals surface area contributed by atoms with E-state index in [9.17, 15) is 14.4 Å². The molecule has 3 rings (SSSR count). The van der Waals surface area contributed by atoms with Gasteiger partial charge >= 0.3 is 5.97 Å². The van der Waals surface area contributed by atoms with Crippen molar-refractivity contribution in [1.29, 1.82) is 0 Å². The molecule has 0 spiro atoms. The first-order valence-electron chi connectivity index (χ1n) is 9.23. The molecule has 5 nitrogen and oxygen atoms in total. The Morgan fingerprint density at radius 1 is 1.15 bits per heavy atom. The van der Waals surface area contributed by atoms with E-state index in [0.717, 1.165) is 24.8 Å². The molecule has 2 aliphatic carbocycles. The van der Waals surface area contributed by atoms with Gasteiger partial charge in [0.05, 0.1) is 16.0 Å². The zero-order valence-corrected chi connectivity index (χ0v) is 16.8. The second-order valence-corrected chi connectivity index (χ2v) is 8.32. The van der Waals surface area contributed by atoms with Crippen LogP contribution in [0, 0.1) is 17.8 Å². The molecule has 2 saturated carbocycles. The summed E-state index contributed by atoms with van der Waals surface area (Å²) in [5.74, 6) is -0.641. The van der Waals surface area contributed by atoms with E-state index in [1.165, 1.54) is 4.90 Å². The van der Waals surface area contributed by atoms with Crippen molar-refractivity contribution in [3.05, 3.63) is 33.8 Å². The number of ketones is 1. The van der Waals surface area contributed by atoms with E-state index in [2.05, 4.69) is 0 Å². The van der Waals surface area contributed by atoms with Crippen molar-refractivity contribution >= 4 is 40.9 Å². The van der Waals surface area contributed by atoms with Gasteiger partial charge in [0.2, 0.25) is 0 Å². The summed E-state index contributed by atoms with van der Waals surface area (Å²) in [7, 11) is 1.64. The summed E-state index contributed by atoms with van der Waals surface area (Å²) in [5.41, 5.74) is 0.838. The predicted octanol–water partition coefficient (Wildman–Crippen LogP) is 3.89. The molecular weight excluding hydrogens is 389 g/mol. The number of likely N-dealkylation sites (N-methyl/N-ethyl adjacent to an activating group) is 1. The van der Waals surface area contributed by atoms with Crippen LogP contribution in [0.5, 0.6) is 0 Å². The van der Waals surface area contributed by atoms with Crippen LogP contribution in [0.2, 0.25) is 10.0 Å².